The molecule has 0 aromatic rings. The molecule has 4 N–H and O–H groups in total. The molecule has 0 amide bonds. The number of esters is 1. The predicted octanol–water partition coefficient (Wildman–Crippen LogP) is 4.15. The fourth-order valence-corrected chi connectivity index (χ4v) is 5.83. The first-order valence-electron chi connectivity index (χ1n) is 16.6. The van der Waals surface area contributed by atoms with Crippen molar-refractivity contribution >= 4 is 18.0 Å². The van der Waals surface area contributed by atoms with E-state index in [0.29, 0.717) is 51.4 Å². The Labute approximate surface area is 271 Å². The van der Waals surface area contributed by atoms with Gasteiger partial charge in [0.2, 0.25) is 0 Å². The number of ketones is 1. The minimum absolute atomic E-state index is 0.0467. The SMILES string of the molecule is COC1CC(C)C/C(C)=C/[C@@H](C/C=C/CO)C(=O)CC(O)C(C)COC(=O)[C@@H](C=O)CCCCNC(C)(O)C(C)CC(OC)C1. The van der Waals surface area contributed by atoms with Crippen molar-refractivity contribution in [3.63, 3.8) is 0 Å². The molecule has 260 valence electrons. The fraction of sp³-hybridized carbons (Fsp3) is 0.800. The standard InChI is InChI=1S/C35H61NO9/c1-24-16-25(2)18-30(43-6)20-31(44-7)19-27(4)35(5,42)36-14-10-8-13-29(22-38)34(41)45-23-26(3)32(39)21-33(40)28(17-24)12-9-11-15-37/h9,11,17,22,25-32,36-37,39,42H,8,10,12-16,18-21,23H2,1-7H3/b11-9+,24-17+/t25?,26?,27?,28-,29-,30?,31?,32?,35?/m1/s1. The maximum absolute atomic E-state index is 13.3. The van der Waals surface area contributed by atoms with Gasteiger partial charge in [-0.3, -0.25) is 14.9 Å². The summed E-state index contributed by atoms with van der Waals surface area (Å²) in [5.41, 5.74) is -0.0877. The highest BCUT2D eigenvalue weighted by Crippen LogP contribution is 2.27. The Morgan fingerprint density at radius 3 is 2.33 bits per heavy atom. The van der Waals surface area contributed by atoms with Gasteiger partial charge in [-0.2, -0.15) is 0 Å². The molecule has 0 spiro atoms. The van der Waals surface area contributed by atoms with Gasteiger partial charge in [0.05, 0.1) is 31.5 Å². The van der Waals surface area contributed by atoms with Crippen molar-refractivity contribution < 1.29 is 43.9 Å². The van der Waals surface area contributed by atoms with E-state index >= 15 is 0 Å². The molecule has 10 heteroatoms. The van der Waals surface area contributed by atoms with Crippen LogP contribution in [0.1, 0.15) is 92.4 Å². The molecule has 1 rings (SSSR count). The second kappa shape index (κ2) is 21.8. The van der Waals surface area contributed by atoms with Gasteiger partial charge in [0, 0.05) is 38.4 Å². The van der Waals surface area contributed by atoms with E-state index in [-0.39, 0.29) is 49.5 Å². The molecule has 1 heterocycles. The molecule has 1 aliphatic heterocycles. The number of cyclic esters (lactones) is 1. The largest absolute Gasteiger partial charge is 0.465 e. The molecule has 0 radical (unpaired) electrons. The molecule has 0 aromatic carbocycles. The van der Waals surface area contributed by atoms with Crippen LogP contribution in [0.15, 0.2) is 23.8 Å². The summed E-state index contributed by atoms with van der Waals surface area (Å²) < 4.78 is 17.0. The average Bonchev–Trinajstić information content (AvgIpc) is 2.99. The predicted molar refractivity (Wildman–Crippen MR) is 174 cm³/mol. The van der Waals surface area contributed by atoms with Gasteiger partial charge >= 0.3 is 5.97 Å². The maximum Gasteiger partial charge on any atom is 0.316 e. The van der Waals surface area contributed by atoms with Crippen LogP contribution in [0.2, 0.25) is 0 Å². The lowest BCUT2D eigenvalue weighted by Crippen LogP contribution is -2.49. The van der Waals surface area contributed by atoms with Gasteiger partial charge in [0.1, 0.15) is 23.7 Å². The number of hydrogen-bond acceptors (Lipinski definition) is 10. The van der Waals surface area contributed by atoms with Crippen LogP contribution in [0.4, 0.5) is 0 Å². The van der Waals surface area contributed by atoms with Crippen LogP contribution < -0.4 is 5.32 Å². The Bertz CT molecular complexity index is 934. The van der Waals surface area contributed by atoms with Gasteiger partial charge in [-0.05, 0) is 71.3 Å². The normalized spacial score (nSPS) is 36.4. The third-order valence-electron chi connectivity index (χ3n) is 9.11. The molecule has 7 unspecified atom stereocenters. The number of allylic oxidation sites excluding steroid dienone is 3. The molecular weight excluding hydrogens is 578 g/mol. The Morgan fingerprint density at radius 2 is 1.71 bits per heavy atom. The number of ether oxygens (including phenoxy) is 3. The molecule has 10 nitrogen and oxygen atoms in total. The first-order valence-corrected chi connectivity index (χ1v) is 16.6. The highest BCUT2D eigenvalue weighted by atomic mass is 16.5. The van der Waals surface area contributed by atoms with Gasteiger partial charge in [0.15, 0.2) is 0 Å². The number of nitrogens with one attached hydrogen (secondary N) is 1. The van der Waals surface area contributed by atoms with Crippen molar-refractivity contribution in [2.45, 2.75) is 116 Å². The summed E-state index contributed by atoms with van der Waals surface area (Å²) in [7, 11) is 3.38. The summed E-state index contributed by atoms with van der Waals surface area (Å²) >= 11 is 0. The lowest BCUT2D eigenvalue weighted by molar-refractivity contribution is -0.152. The number of Topliss-reactive ketones (excluding diaryl/α,β-unsaturated/α-hetero) is 1. The molecule has 9 atom stereocenters. The van der Waals surface area contributed by atoms with Gasteiger partial charge in [-0.15, -0.1) is 0 Å². The number of aliphatic hydroxyl groups is 3. The van der Waals surface area contributed by atoms with Crippen molar-refractivity contribution in [2.75, 3.05) is 34.0 Å². The summed E-state index contributed by atoms with van der Waals surface area (Å²) in [6.07, 6.45) is 9.40. The van der Waals surface area contributed by atoms with Crippen LogP contribution in [0, 0.1) is 29.6 Å². The molecule has 0 bridgehead atoms. The number of hydrogen-bond donors (Lipinski definition) is 4. The van der Waals surface area contributed by atoms with Crippen LogP contribution >= 0.6 is 0 Å². The minimum atomic E-state index is -1.14. The zero-order valence-electron chi connectivity index (χ0n) is 28.7. The van der Waals surface area contributed by atoms with Gasteiger partial charge in [-0.25, -0.2) is 0 Å². The summed E-state index contributed by atoms with van der Waals surface area (Å²) in [6.45, 7) is 9.86. The number of carbonyl (C=O) groups excluding carboxylic acids is 3. The quantitative estimate of drug-likeness (QED) is 0.144. The van der Waals surface area contributed by atoms with Crippen LogP contribution in [-0.2, 0) is 28.6 Å². The summed E-state index contributed by atoms with van der Waals surface area (Å²) in [4.78, 5) is 37.5. The molecule has 0 aliphatic carbocycles. The lowest BCUT2D eigenvalue weighted by Gasteiger charge is -2.34. The van der Waals surface area contributed by atoms with Crippen LogP contribution in [-0.4, -0.2) is 91.4 Å². The van der Waals surface area contributed by atoms with E-state index in [4.69, 9.17) is 14.2 Å². The number of methoxy groups -OCH3 is 2. The van der Waals surface area contributed by atoms with E-state index in [9.17, 15) is 29.7 Å². The molecule has 0 saturated carbocycles. The first kappa shape index (κ1) is 41.1. The summed E-state index contributed by atoms with van der Waals surface area (Å²) in [5.74, 6) is -2.54. The molecule has 1 aliphatic rings. The third-order valence-corrected chi connectivity index (χ3v) is 9.11. The molecule has 0 fully saturated rings. The summed E-state index contributed by atoms with van der Waals surface area (Å²) in [6, 6.07) is 0. The highest BCUT2D eigenvalue weighted by Gasteiger charge is 2.31. The van der Waals surface area contributed by atoms with E-state index < -0.39 is 35.6 Å². The van der Waals surface area contributed by atoms with Gasteiger partial charge in [0.25, 0.3) is 0 Å². The van der Waals surface area contributed by atoms with Crippen molar-refractivity contribution in [2.24, 2.45) is 29.6 Å². The zero-order valence-corrected chi connectivity index (χ0v) is 28.7. The van der Waals surface area contributed by atoms with Crippen molar-refractivity contribution in [1.29, 1.82) is 0 Å². The van der Waals surface area contributed by atoms with Gasteiger partial charge < -0.3 is 34.3 Å². The third kappa shape index (κ3) is 15.9. The summed E-state index contributed by atoms with van der Waals surface area (Å²) in [5, 5.41) is 34.3. The smallest absolute Gasteiger partial charge is 0.316 e. The maximum atomic E-state index is 13.3. The Balaban J connectivity index is 3.20. The molecule has 0 saturated heterocycles. The van der Waals surface area contributed by atoms with E-state index in [1.165, 1.54) is 0 Å². The van der Waals surface area contributed by atoms with Crippen LogP contribution in [0.25, 0.3) is 0 Å². The average molecular weight is 640 g/mol. The number of aliphatic hydroxyl groups excluding tert-OH is 2. The molecule has 0 aromatic heterocycles. The second-order valence-electron chi connectivity index (χ2n) is 13.3. The van der Waals surface area contributed by atoms with E-state index in [1.54, 1.807) is 40.2 Å². The lowest BCUT2D eigenvalue weighted by atomic mass is 9.87. The highest BCUT2D eigenvalue weighted by molar-refractivity contribution is 5.87. The molecular formula is C35H61NO9. The monoisotopic (exact) mass is 639 g/mol. The van der Waals surface area contributed by atoms with Crippen LogP contribution in [0.3, 0.4) is 0 Å². The van der Waals surface area contributed by atoms with Crippen molar-refractivity contribution in [3.05, 3.63) is 23.8 Å². The Hall–Kier alpha value is -1.95. The van der Waals surface area contributed by atoms with Crippen LogP contribution in [0.5, 0.6) is 0 Å². The molecule has 45 heavy (non-hydrogen) atoms. The number of rotatable bonds is 6. The van der Waals surface area contributed by atoms with Crippen molar-refractivity contribution in [1.82, 2.24) is 5.32 Å². The van der Waals surface area contributed by atoms with E-state index in [0.717, 1.165) is 18.4 Å². The van der Waals surface area contributed by atoms with Crippen molar-refractivity contribution in [3.8, 4) is 0 Å². The topological polar surface area (TPSA) is 152 Å². The fourth-order valence-electron chi connectivity index (χ4n) is 5.83. The number of aldehydes is 1. The van der Waals surface area contributed by atoms with E-state index in [1.807, 2.05) is 19.9 Å². The minimum Gasteiger partial charge on any atom is -0.465 e. The zero-order chi connectivity index (χ0) is 34.0. The second-order valence-corrected chi connectivity index (χ2v) is 13.3. The Kier molecular flexibility index (Phi) is 19.9. The first-order chi connectivity index (χ1) is 21.3. The van der Waals surface area contributed by atoms with Gasteiger partial charge in [-0.1, -0.05) is 51.0 Å². The van der Waals surface area contributed by atoms with E-state index in [2.05, 4.69) is 12.2 Å². The Morgan fingerprint density at radius 1 is 1.04 bits per heavy atom. The number of carbonyl (C=O) groups is 3.